The molecule has 0 spiro atoms. The summed E-state index contributed by atoms with van der Waals surface area (Å²) in [5.74, 6) is 0.0628. The Morgan fingerprint density at radius 3 is 1.96 bits per heavy atom. The van der Waals surface area contributed by atoms with Crippen LogP contribution in [0.2, 0.25) is 0 Å². The standard InChI is InChI=1S/C23H22N2O3/c26-22(24-15-18-8-3-1-4-9-18)17-28-21-13-7-12-20(14-21)23(27)25-16-19-10-5-2-6-11-19/h1-14H,15-17H2,(H,24,26)(H,25,27). The molecule has 3 aromatic carbocycles. The fraction of sp³-hybridized carbons (Fsp3) is 0.130. The molecular formula is C23H22N2O3. The third-order valence-corrected chi connectivity index (χ3v) is 4.09. The van der Waals surface area contributed by atoms with Crippen molar-refractivity contribution < 1.29 is 14.3 Å². The highest BCUT2D eigenvalue weighted by Gasteiger charge is 2.08. The van der Waals surface area contributed by atoms with Gasteiger partial charge in [-0.3, -0.25) is 9.59 Å². The molecule has 5 nitrogen and oxygen atoms in total. The zero-order valence-electron chi connectivity index (χ0n) is 15.4. The van der Waals surface area contributed by atoms with Crippen molar-refractivity contribution in [1.82, 2.24) is 10.6 Å². The minimum atomic E-state index is -0.220. The Bertz CT molecular complexity index is 911. The predicted molar refractivity (Wildman–Crippen MR) is 108 cm³/mol. The van der Waals surface area contributed by atoms with Crippen molar-refractivity contribution in [3.63, 3.8) is 0 Å². The average molecular weight is 374 g/mol. The first-order valence-corrected chi connectivity index (χ1v) is 9.06. The normalized spacial score (nSPS) is 10.1. The van der Waals surface area contributed by atoms with Gasteiger partial charge in [0.15, 0.2) is 6.61 Å². The van der Waals surface area contributed by atoms with E-state index >= 15 is 0 Å². The fourth-order valence-corrected chi connectivity index (χ4v) is 2.60. The van der Waals surface area contributed by atoms with Gasteiger partial charge in [0, 0.05) is 18.7 Å². The van der Waals surface area contributed by atoms with Crippen LogP contribution in [0.4, 0.5) is 0 Å². The van der Waals surface area contributed by atoms with Gasteiger partial charge in [0.1, 0.15) is 5.75 Å². The third-order valence-electron chi connectivity index (χ3n) is 4.09. The molecule has 0 bridgehead atoms. The number of carbonyl (C=O) groups is 2. The number of benzene rings is 3. The molecular weight excluding hydrogens is 352 g/mol. The lowest BCUT2D eigenvalue weighted by Crippen LogP contribution is -2.28. The monoisotopic (exact) mass is 374 g/mol. The van der Waals surface area contributed by atoms with Crippen LogP contribution in [0.15, 0.2) is 84.9 Å². The topological polar surface area (TPSA) is 67.4 Å². The quantitative estimate of drug-likeness (QED) is 0.636. The first-order valence-electron chi connectivity index (χ1n) is 9.06. The van der Waals surface area contributed by atoms with Crippen LogP contribution in [0.1, 0.15) is 21.5 Å². The second-order valence-electron chi connectivity index (χ2n) is 6.25. The zero-order chi connectivity index (χ0) is 19.6. The molecule has 0 heterocycles. The number of ether oxygens (including phenoxy) is 1. The lowest BCUT2D eigenvalue weighted by molar-refractivity contribution is -0.123. The van der Waals surface area contributed by atoms with Crippen LogP contribution >= 0.6 is 0 Å². The minimum Gasteiger partial charge on any atom is -0.484 e. The SMILES string of the molecule is O=C(COc1cccc(C(=O)NCc2ccccc2)c1)NCc1ccccc1. The summed E-state index contributed by atoms with van der Waals surface area (Å²) in [4.78, 5) is 24.3. The molecule has 0 aromatic heterocycles. The van der Waals surface area contributed by atoms with Crippen LogP contribution in [0.3, 0.4) is 0 Å². The Labute approximate surface area is 164 Å². The summed E-state index contributed by atoms with van der Waals surface area (Å²) in [6, 6.07) is 26.1. The largest absolute Gasteiger partial charge is 0.484 e. The van der Waals surface area contributed by atoms with E-state index in [-0.39, 0.29) is 18.4 Å². The van der Waals surface area contributed by atoms with Crippen LogP contribution in [0, 0.1) is 0 Å². The van der Waals surface area contributed by atoms with Gasteiger partial charge in [-0.25, -0.2) is 0 Å². The molecule has 3 aromatic rings. The highest BCUT2D eigenvalue weighted by molar-refractivity contribution is 5.94. The molecule has 0 aliphatic rings. The van der Waals surface area contributed by atoms with E-state index in [4.69, 9.17) is 4.74 Å². The van der Waals surface area contributed by atoms with Crippen molar-refractivity contribution in [3.8, 4) is 5.75 Å². The second-order valence-corrected chi connectivity index (χ2v) is 6.25. The summed E-state index contributed by atoms with van der Waals surface area (Å²) in [7, 11) is 0. The molecule has 3 rings (SSSR count). The smallest absolute Gasteiger partial charge is 0.258 e. The van der Waals surface area contributed by atoms with Crippen molar-refractivity contribution in [2.45, 2.75) is 13.1 Å². The number of hydrogen-bond donors (Lipinski definition) is 2. The first-order chi connectivity index (χ1) is 13.7. The first kappa shape index (κ1) is 19.2. The Morgan fingerprint density at radius 2 is 1.32 bits per heavy atom. The summed E-state index contributed by atoms with van der Waals surface area (Å²) in [6.45, 7) is 0.791. The molecule has 0 radical (unpaired) electrons. The van der Waals surface area contributed by atoms with Gasteiger partial charge in [-0.05, 0) is 29.3 Å². The van der Waals surface area contributed by atoms with Crippen LogP contribution in [-0.4, -0.2) is 18.4 Å². The van der Waals surface area contributed by atoms with Gasteiger partial charge in [-0.1, -0.05) is 66.7 Å². The number of rotatable bonds is 8. The molecule has 0 aliphatic carbocycles. The van der Waals surface area contributed by atoms with E-state index in [1.54, 1.807) is 24.3 Å². The summed E-state index contributed by atoms with van der Waals surface area (Å²) in [5, 5.41) is 5.67. The highest BCUT2D eigenvalue weighted by atomic mass is 16.5. The third kappa shape index (κ3) is 5.99. The second kappa shape index (κ2) is 9.92. The van der Waals surface area contributed by atoms with E-state index in [9.17, 15) is 9.59 Å². The van der Waals surface area contributed by atoms with E-state index < -0.39 is 0 Å². The molecule has 0 saturated heterocycles. The van der Waals surface area contributed by atoms with Gasteiger partial charge in [0.05, 0.1) is 0 Å². The maximum atomic E-state index is 12.3. The lowest BCUT2D eigenvalue weighted by Gasteiger charge is -2.09. The van der Waals surface area contributed by atoms with Gasteiger partial charge < -0.3 is 15.4 Å². The van der Waals surface area contributed by atoms with E-state index in [0.717, 1.165) is 11.1 Å². The van der Waals surface area contributed by atoms with Gasteiger partial charge >= 0.3 is 0 Å². The molecule has 5 heteroatoms. The summed E-state index contributed by atoms with van der Waals surface area (Å²) in [6.07, 6.45) is 0. The number of carbonyl (C=O) groups excluding carboxylic acids is 2. The number of hydrogen-bond acceptors (Lipinski definition) is 3. The molecule has 0 fully saturated rings. The fourth-order valence-electron chi connectivity index (χ4n) is 2.60. The van der Waals surface area contributed by atoms with Crippen LogP contribution in [0.5, 0.6) is 5.75 Å². The van der Waals surface area contributed by atoms with Crippen molar-refractivity contribution in [3.05, 3.63) is 102 Å². The van der Waals surface area contributed by atoms with Crippen molar-refractivity contribution in [2.75, 3.05) is 6.61 Å². The van der Waals surface area contributed by atoms with E-state index in [1.165, 1.54) is 0 Å². The summed E-state index contributed by atoms with van der Waals surface area (Å²) < 4.78 is 5.52. The van der Waals surface area contributed by atoms with Crippen molar-refractivity contribution in [2.24, 2.45) is 0 Å². The molecule has 142 valence electrons. The van der Waals surface area contributed by atoms with E-state index in [2.05, 4.69) is 10.6 Å². The molecule has 28 heavy (non-hydrogen) atoms. The molecule has 0 atom stereocenters. The molecule has 0 unspecified atom stereocenters. The average Bonchev–Trinajstić information content (AvgIpc) is 2.76. The minimum absolute atomic E-state index is 0.109. The Kier molecular flexibility index (Phi) is 6.79. The van der Waals surface area contributed by atoms with Crippen LogP contribution in [0.25, 0.3) is 0 Å². The van der Waals surface area contributed by atoms with Gasteiger partial charge in [0.2, 0.25) is 0 Å². The number of amides is 2. The predicted octanol–water partition coefficient (Wildman–Crippen LogP) is 3.31. The molecule has 0 aliphatic heterocycles. The maximum Gasteiger partial charge on any atom is 0.258 e. The van der Waals surface area contributed by atoms with Crippen LogP contribution < -0.4 is 15.4 Å². The summed E-state index contributed by atoms with van der Waals surface area (Å²) in [5.41, 5.74) is 2.53. The molecule has 2 amide bonds. The van der Waals surface area contributed by atoms with E-state index in [0.29, 0.717) is 24.4 Å². The number of nitrogens with one attached hydrogen (secondary N) is 2. The Balaban J connectivity index is 1.47. The summed E-state index contributed by atoms with van der Waals surface area (Å²) >= 11 is 0. The van der Waals surface area contributed by atoms with Crippen molar-refractivity contribution >= 4 is 11.8 Å². The maximum absolute atomic E-state index is 12.3. The molecule has 0 saturated carbocycles. The van der Waals surface area contributed by atoms with Crippen LogP contribution in [-0.2, 0) is 17.9 Å². The van der Waals surface area contributed by atoms with Gasteiger partial charge in [-0.15, -0.1) is 0 Å². The Morgan fingerprint density at radius 1 is 0.714 bits per heavy atom. The van der Waals surface area contributed by atoms with Crippen molar-refractivity contribution in [1.29, 1.82) is 0 Å². The zero-order valence-corrected chi connectivity index (χ0v) is 15.4. The highest BCUT2D eigenvalue weighted by Crippen LogP contribution is 2.13. The van der Waals surface area contributed by atoms with E-state index in [1.807, 2.05) is 60.7 Å². The van der Waals surface area contributed by atoms with Gasteiger partial charge in [0.25, 0.3) is 11.8 Å². The Hall–Kier alpha value is -3.60. The lowest BCUT2D eigenvalue weighted by atomic mass is 10.2. The molecule has 2 N–H and O–H groups in total. The van der Waals surface area contributed by atoms with Gasteiger partial charge in [-0.2, -0.15) is 0 Å².